The van der Waals surface area contributed by atoms with E-state index in [2.05, 4.69) is 254 Å². The van der Waals surface area contributed by atoms with Crippen molar-refractivity contribution < 1.29 is 0 Å². The van der Waals surface area contributed by atoms with Crippen LogP contribution in [0.3, 0.4) is 0 Å². The largest absolute Gasteiger partial charge is 0.308 e. The molecule has 1 aromatic heterocycles. The van der Waals surface area contributed by atoms with Gasteiger partial charge in [0.05, 0.1) is 22.1 Å². The number of benzene rings is 9. The standard InChI is InChI=1S/C58H44N2/c1-57(2,41-19-6-3-7-20-41)42-33-37-46(38-34-42)59(55-32-18-28-51-50-27-14-17-31-54(50)60(56(51)55)45-23-10-5-11-24-45)47-39-35-44(36-40-47)58(43-21-8-4-9-22-43)52-29-15-12-25-48(52)49-26-13-16-30-53(49)58/h3-40H,1-2H3. The third kappa shape index (κ3) is 5.41. The molecule has 60 heavy (non-hydrogen) atoms. The van der Waals surface area contributed by atoms with Crippen LogP contribution in [0.1, 0.15) is 47.2 Å². The van der Waals surface area contributed by atoms with Crippen molar-refractivity contribution in [3.63, 3.8) is 0 Å². The predicted octanol–water partition coefficient (Wildman–Crippen LogP) is 14.9. The molecule has 0 radical (unpaired) electrons. The van der Waals surface area contributed by atoms with Crippen molar-refractivity contribution in [1.82, 2.24) is 4.57 Å². The normalized spacial score (nSPS) is 13.0. The van der Waals surface area contributed by atoms with Gasteiger partial charge in [-0.1, -0.05) is 196 Å². The molecule has 0 N–H and O–H groups in total. The number of aromatic nitrogens is 1. The highest BCUT2D eigenvalue weighted by Crippen LogP contribution is 2.56. The molecule has 9 aromatic carbocycles. The van der Waals surface area contributed by atoms with Crippen LogP contribution in [0.5, 0.6) is 0 Å². The first-order valence-electron chi connectivity index (χ1n) is 20.9. The van der Waals surface area contributed by atoms with Gasteiger partial charge in [0.25, 0.3) is 0 Å². The molecule has 10 aromatic rings. The summed E-state index contributed by atoms with van der Waals surface area (Å²) >= 11 is 0. The zero-order chi connectivity index (χ0) is 40.3. The molecular formula is C58H44N2. The van der Waals surface area contributed by atoms with Gasteiger partial charge in [-0.2, -0.15) is 0 Å². The van der Waals surface area contributed by atoms with E-state index in [1.165, 1.54) is 66.3 Å². The maximum atomic E-state index is 2.45. The van der Waals surface area contributed by atoms with E-state index >= 15 is 0 Å². The Hall–Kier alpha value is -7.42. The van der Waals surface area contributed by atoms with Crippen molar-refractivity contribution in [3.05, 3.63) is 264 Å². The first kappa shape index (κ1) is 35.7. The van der Waals surface area contributed by atoms with Crippen LogP contribution in [0.4, 0.5) is 17.1 Å². The van der Waals surface area contributed by atoms with Crippen LogP contribution < -0.4 is 4.90 Å². The molecule has 2 nitrogen and oxygen atoms in total. The van der Waals surface area contributed by atoms with Crippen molar-refractivity contribution in [3.8, 4) is 16.8 Å². The van der Waals surface area contributed by atoms with E-state index in [1.807, 2.05) is 0 Å². The lowest BCUT2D eigenvalue weighted by Crippen LogP contribution is -2.28. The second-order valence-corrected chi connectivity index (χ2v) is 16.5. The lowest BCUT2D eigenvalue weighted by molar-refractivity contribution is 0.641. The topological polar surface area (TPSA) is 8.17 Å². The number of hydrogen-bond acceptors (Lipinski definition) is 1. The molecule has 1 aliphatic carbocycles. The summed E-state index contributed by atoms with van der Waals surface area (Å²) in [6, 6.07) is 84.7. The van der Waals surface area contributed by atoms with Crippen molar-refractivity contribution in [2.75, 3.05) is 4.90 Å². The molecule has 0 amide bonds. The van der Waals surface area contributed by atoms with Gasteiger partial charge < -0.3 is 9.47 Å². The highest BCUT2D eigenvalue weighted by atomic mass is 15.2. The Morgan fingerprint density at radius 3 is 1.53 bits per heavy atom. The lowest BCUT2D eigenvalue weighted by atomic mass is 9.68. The Kier molecular flexibility index (Phi) is 8.42. The quantitative estimate of drug-likeness (QED) is 0.149. The van der Waals surface area contributed by atoms with Gasteiger partial charge in [0, 0.05) is 33.2 Å². The average molecular weight is 769 g/mol. The number of nitrogens with zero attached hydrogens (tertiary/aromatic N) is 2. The number of anilines is 3. The van der Waals surface area contributed by atoms with E-state index in [9.17, 15) is 0 Å². The minimum Gasteiger partial charge on any atom is -0.308 e. The summed E-state index contributed by atoms with van der Waals surface area (Å²) < 4.78 is 2.44. The number of hydrogen-bond donors (Lipinski definition) is 0. The first-order chi connectivity index (χ1) is 29.5. The summed E-state index contributed by atoms with van der Waals surface area (Å²) in [4.78, 5) is 2.45. The summed E-state index contributed by atoms with van der Waals surface area (Å²) in [6.45, 7) is 4.63. The molecule has 0 spiro atoms. The van der Waals surface area contributed by atoms with Gasteiger partial charge in [0.2, 0.25) is 0 Å². The van der Waals surface area contributed by atoms with Gasteiger partial charge >= 0.3 is 0 Å². The highest BCUT2D eigenvalue weighted by Gasteiger charge is 2.45. The second kappa shape index (κ2) is 14.1. The van der Waals surface area contributed by atoms with Crippen molar-refractivity contribution >= 4 is 38.9 Å². The monoisotopic (exact) mass is 768 g/mol. The average Bonchev–Trinajstić information content (AvgIpc) is 3.82. The number of para-hydroxylation sites is 3. The summed E-state index contributed by atoms with van der Waals surface area (Å²) in [5.74, 6) is 0. The zero-order valence-electron chi connectivity index (χ0n) is 33.8. The van der Waals surface area contributed by atoms with E-state index in [1.54, 1.807) is 0 Å². The summed E-state index contributed by atoms with van der Waals surface area (Å²) in [7, 11) is 0. The Balaban J connectivity index is 1.14. The van der Waals surface area contributed by atoms with Gasteiger partial charge in [-0.25, -0.2) is 0 Å². The molecule has 0 atom stereocenters. The molecule has 286 valence electrons. The highest BCUT2D eigenvalue weighted by molar-refractivity contribution is 6.14. The Labute approximate surface area is 352 Å². The van der Waals surface area contributed by atoms with Gasteiger partial charge in [-0.3, -0.25) is 0 Å². The summed E-state index contributed by atoms with van der Waals surface area (Å²) in [5.41, 5.74) is 16.5. The molecule has 11 rings (SSSR count). The van der Waals surface area contributed by atoms with E-state index < -0.39 is 5.41 Å². The fraction of sp³-hybridized carbons (Fsp3) is 0.0690. The minimum absolute atomic E-state index is 0.161. The van der Waals surface area contributed by atoms with Crippen LogP contribution in [-0.4, -0.2) is 4.57 Å². The molecule has 2 heteroatoms. The molecule has 0 unspecified atom stereocenters. The van der Waals surface area contributed by atoms with Gasteiger partial charge in [-0.05, 0) is 93.0 Å². The van der Waals surface area contributed by atoms with E-state index in [0.717, 1.165) is 22.7 Å². The van der Waals surface area contributed by atoms with Crippen LogP contribution in [0.15, 0.2) is 231 Å². The number of fused-ring (bicyclic) bond motifs is 6. The van der Waals surface area contributed by atoms with Crippen LogP contribution in [-0.2, 0) is 10.8 Å². The van der Waals surface area contributed by atoms with Crippen LogP contribution in [0, 0.1) is 0 Å². The molecule has 0 saturated carbocycles. The maximum absolute atomic E-state index is 2.45. The maximum Gasteiger partial charge on any atom is 0.0782 e. The lowest BCUT2D eigenvalue weighted by Gasteiger charge is -2.34. The number of rotatable bonds is 8. The van der Waals surface area contributed by atoms with Crippen molar-refractivity contribution in [2.24, 2.45) is 0 Å². The molecule has 0 saturated heterocycles. The third-order valence-electron chi connectivity index (χ3n) is 13.0. The van der Waals surface area contributed by atoms with Gasteiger partial charge in [-0.15, -0.1) is 0 Å². The molecule has 0 fully saturated rings. The summed E-state index contributed by atoms with van der Waals surface area (Å²) in [5, 5.41) is 2.45. The van der Waals surface area contributed by atoms with Crippen molar-refractivity contribution in [2.45, 2.75) is 24.7 Å². The molecule has 0 bridgehead atoms. The smallest absolute Gasteiger partial charge is 0.0782 e. The van der Waals surface area contributed by atoms with E-state index in [-0.39, 0.29) is 5.41 Å². The third-order valence-corrected chi connectivity index (χ3v) is 13.0. The van der Waals surface area contributed by atoms with Crippen LogP contribution in [0.25, 0.3) is 38.6 Å². The second-order valence-electron chi connectivity index (χ2n) is 16.5. The minimum atomic E-state index is -0.470. The predicted molar refractivity (Wildman–Crippen MR) is 251 cm³/mol. The van der Waals surface area contributed by atoms with Gasteiger partial charge in [0.15, 0.2) is 0 Å². The van der Waals surface area contributed by atoms with E-state index in [0.29, 0.717) is 0 Å². The summed E-state index contributed by atoms with van der Waals surface area (Å²) in [6.07, 6.45) is 0. The van der Waals surface area contributed by atoms with Crippen LogP contribution >= 0.6 is 0 Å². The Morgan fingerprint density at radius 2 is 0.883 bits per heavy atom. The van der Waals surface area contributed by atoms with E-state index in [4.69, 9.17) is 0 Å². The van der Waals surface area contributed by atoms with Crippen molar-refractivity contribution in [1.29, 1.82) is 0 Å². The first-order valence-corrected chi connectivity index (χ1v) is 20.9. The molecule has 0 aliphatic heterocycles. The zero-order valence-corrected chi connectivity index (χ0v) is 33.8. The molecule has 1 heterocycles. The fourth-order valence-corrected chi connectivity index (χ4v) is 10.1. The Morgan fingerprint density at radius 1 is 0.400 bits per heavy atom. The SMILES string of the molecule is CC(C)(c1ccccc1)c1ccc(N(c2ccc(C3(c4ccccc4)c4ccccc4-c4ccccc43)cc2)c2cccc3c4ccccc4n(-c4ccccc4)c23)cc1. The van der Waals surface area contributed by atoms with Gasteiger partial charge in [0.1, 0.15) is 0 Å². The molecular weight excluding hydrogens is 725 g/mol. The van der Waals surface area contributed by atoms with Crippen LogP contribution in [0.2, 0.25) is 0 Å². The molecule has 1 aliphatic rings. The fourth-order valence-electron chi connectivity index (χ4n) is 10.1. The Bertz CT molecular complexity index is 3100.